The molecular weight excluding hydrogens is 448 g/mol. The van der Waals surface area contributed by atoms with Crippen molar-refractivity contribution in [2.75, 3.05) is 18.1 Å². The maximum Gasteiger partial charge on any atom is 0.254 e. The van der Waals surface area contributed by atoms with Crippen molar-refractivity contribution in [1.29, 1.82) is 0 Å². The first-order chi connectivity index (χ1) is 16.5. The first-order valence-electron chi connectivity index (χ1n) is 10.6. The lowest BCUT2D eigenvalue weighted by Gasteiger charge is -2.28. The SMILES string of the molecule is CN(C(=O)c1cccc(NC(=O)CSc2nncn2C)c1)C(c1ccccc1)c1ccccn1. The molecule has 8 nitrogen and oxygen atoms in total. The van der Waals surface area contributed by atoms with Gasteiger partial charge in [0, 0.05) is 31.5 Å². The highest BCUT2D eigenvalue weighted by atomic mass is 32.2. The summed E-state index contributed by atoms with van der Waals surface area (Å²) < 4.78 is 1.75. The summed E-state index contributed by atoms with van der Waals surface area (Å²) >= 11 is 1.29. The van der Waals surface area contributed by atoms with Crippen molar-refractivity contribution in [2.24, 2.45) is 7.05 Å². The summed E-state index contributed by atoms with van der Waals surface area (Å²) in [6.45, 7) is 0. The number of nitrogens with one attached hydrogen (secondary N) is 1. The molecule has 9 heteroatoms. The molecule has 4 aromatic rings. The van der Waals surface area contributed by atoms with Crippen LogP contribution in [0, 0.1) is 0 Å². The van der Waals surface area contributed by atoms with Gasteiger partial charge in [0.1, 0.15) is 6.33 Å². The summed E-state index contributed by atoms with van der Waals surface area (Å²) in [5.41, 5.74) is 2.76. The standard InChI is InChI=1S/C25H24N6O2S/c1-30-17-27-29-25(30)34-16-22(32)28-20-12-8-11-19(15-20)24(33)31(2)23(18-9-4-3-5-10-18)21-13-6-7-14-26-21/h3-15,17,23H,16H2,1-2H3,(H,28,32). The molecule has 0 aliphatic carbocycles. The number of hydrogen-bond acceptors (Lipinski definition) is 6. The lowest BCUT2D eigenvalue weighted by Crippen LogP contribution is -2.32. The van der Waals surface area contributed by atoms with Gasteiger partial charge in [-0.25, -0.2) is 0 Å². The largest absolute Gasteiger partial charge is 0.329 e. The molecule has 1 unspecified atom stereocenters. The second-order valence-electron chi connectivity index (χ2n) is 7.63. The third-order valence-corrected chi connectivity index (χ3v) is 6.22. The summed E-state index contributed by atoms with van der Waals surface area (Å²) in [4.78, 5) is 32.0. The van der Waals surface area contributed by atoms with Crippen LogP contribution >= 0.6 is 11.8 Å². The monoisotopic (exact) mass is 472 g/mol. The zero-order valence-corrected chi connectivity index (χ0v) is 19.6. The van der Waals surface area contributed by atoms with Gasteiger partial charge in [-0.1, -0.05) is 54.2 Å². The summed E-state index contributed by atoms with van der Waals surface area (Å²) in [5, 5.41) is 11.3. The minimum absolute atomic E-state index is 0.177. The Morgan fingerprint density at radius 3 is 2.56 bits per heavy atom. The average molecular weight is 473 g/mol. The summed E-state index contributed by atoms with van der Waals surface area (Å²) in [6, 6.07) is 22.0. The maximum absolute atomic E-state index is 13.5. The fourth-order valence-electron chi connectivity index (χ4n) is 3.55. The Bertz CT molecular complexity index is 1220. The number of hydrogen-bond donors (Lipinski definition) is 1. The number of amides is 2. The molecule has 0 aliphatic rings. The molecule has 2 aromatic heterocycles. The third kappa shape index (κ3) is 5.49. The molecule has 0 saturated heterocycles. The number of aryl methyl sites for hydroxylation is 1. The van der Waals surface area contributed by atoms with Crippen LogP contribution in [0.15, 0.2) is 90.5 Å². The van der Waals surface area contributed by atoms with E-state index in [1.54, 1.807) is 53.3 Å². The van der Waals surface area contributed by atoms with E-state index in [4.69, 9.17) is 0 Å². The van der Waals surface area contributed by atoms with Crippen LogP contribution in [0.25, 0.3) is 0 Å². The van der Waals surface area contributed by atoms with Gasteiger partial charge in [-0.15, -0.1) is 10.2 Å². The number of carbonyl (C=O) groups excluding carboxylic acids is 2. The van der Waals surface area contributed by atoms with Crippen LogP contribution < -0.4 is 5.32 Å². The molecule has 2 heterocycles. The minimum atomic E-state index is -0.351. The van der Waals surface area contributed by atoms with Crippen molar-refractivity contribution in [3.05, 3.63) is 102 Å². The highest BCUT2D eigenvalue weighted by Gasteiger charge is 2.25. The molecule has 1 N–H and O–H groups in total. The van der Waals surface area contributed by atoms with Crippen LogP contribution in [-0.2, 0) is 11.8 Å². The van der Waals surface area contributed by atoms with Crippen LogP contribution in [0.2, 0.25) is 0 Å². The lowest BCUT2D eigenvalue weighted by atomic mass is 10.0. The predicted octanol–water partition coefficient (Wildman–Crippen LogP) is 3.80. The van der Waals surface area contributed by atoms with E-state index in [1.807, 2.05) is 55.6 Å². The van der Waals surface area contributed by atoms with Gasteiger partial charge in [-0.05, 0) is 35.9 Å². The van der Waals surface area contributed by atoms with Crippen molar-refractivity contribution < 1.29 is 9.59 Å². The number of thioether (sulfide) groups is 1. The zero-order valence-electron chi connectivity index (χ0n) is 18.8. The van der Waals surface area contributed by atoms with E-state index in [2.05, 4.69) is 20.5 Å². The zero-order chi connectivity index (χ0) is 23.9. The Morgan fingerprint density at radius 2 is 1.85 bits per heavy atom. The van der Waals surface area contributed by atoms with Gasteiger partial charge in [-0.2, -0.15) is 0 Å². The first-order valence-corrected chi connectivity index (χ1v) is 11.6. The molecular formula is C25H24N6O2S. The summed E-state index contributed by atoms with van der Waals surface area (Å²) in [7, 11) is 3.58. The van der Waals surface area contributed by atoms with Gasteiger partial charge in [0.15, 0.2) is 5.16 Å². The number of rotatable bonds is 8. The predicted molar refractivity (Wildman–Crippen MR) is 131 cm³/mol. The first kappa shape index (κ1) is 23.2. The van der Waals surface area contributed by atoms with E-state index in [9.17, 15) is 9.59 Å². The van der Waals surface area contributed by atoms with E-state index in [1.165, 1.54) is 11.8 Å². The molecule has 1 atom stereocenters. The van der Waals surface area contributed by atoms with E-state index in [0.717, 1.165) is 11.3 Å². The lowest BCUT2D eigenvalue weighted by molar-refractivity contribution is -0.113. The number of nitrogens with zero attached hydrogens (tertiary/aromatic N) is 5. The highest BCUT2D eigenvalue weighted by molar-refractivity contribution is 7.99. The quantitative estimate of drug-likeness (QED) is 0.392. The Morgan fingerprint density at radius 1 is 1.06 bits per heavy atom. The molecule has 34 heavy (non-hydrogen) atoms. The summed E-state index contributed by atoms with van der Waals surface area (Å²) in [6.07, 6.45) is 3.30. The maximum atomic E-state index is 13.5. The van der Waals surface area contributed by atoms with Crippen molar-refractivity contribution in [3.8, 4) is 0 Å². The molecule has 0 fully saturated rings. The van der Waals surface area contributed by atoms with Gasteiger partial charge >= 0.3 is 0 Å². The minimum Gasteiger partial charge on any atom is -0.329 e. The van der Waals surface area contributed by atoms with Crippen molar-refractivity contribution in [2.45, 2.75) is 11.2 Å². The molecule has 2 amide bonds. The van der Waals surface area contributed by atoms with Gasteiger partial charge < -0.3 is 14.8 Å². The van der Waals surface area contributed by atoms with E-state index >= 15 is 0 Å². The van der Waals surface area contributed by atoms with Gasteiger partial charge in [-0.3, -0.25) is 14.6 Å². The molecule has 0 saturated carbocycles. The molecule has 2 aromatic carbocycles. The molecule has 172 valence electrons. The normalized spacial score (nSPS) is 11.6. The Hall–Kier alpha value is -3.98. The van der Waals surface area contributed by atoms with Gasteiger partial charge in [0.25, 0.3) is 5.91 Å². The van der Waals surface area contributed by atoms with Crippen molar-refractivity contribution in [1.82, 2.24) is 24.6 Å². The van der Waals surface area contributed by atoms with Crippen LogP contribution in [0.1, 0.15) is 27.7 Å². The van der Waals surface area contributed by atoms with Gasteiger partial charge in [0.05, 0.1) is 17.5 Å². The molecule has 0 spiro atoms. The second-order valence-corrected chi connectivity index (χ2v) is 8.57. The van der Waals surface area contributed by atoms with E-state index in [-0.39, 0.29) is 23.6 Å². The fraction of sp³-hybridized carbons (Fsp3) is 0.160. The topological polar surface area (TPSA) is 93.0 Å². The van der Waals surface area contributed by atoms with Crippen LogP contribution in [-0.4, -0.2) is 49.3 Å². The molecule has 4 rings (SSSR count). The average Bonchev–Trinajstić information content (AvgIpc) is 3.28. The van der Waals surface area contributed by atoms with E-state index < -0.39 is 0 Å². The van der Waals surface area contributed by atoms with Gasteiger partial charge in [0.2, 0.25) is 5.91 Å². The second kappa shape index (κ2) is 10.8. The number of pyridine rings is 1. The number of anilines is 1. The van der Waals surface area contributed by atoms with Crippen LogP contribution in [0.3, 0.4) is 0 Å². The molecule has 0 aliphatic heterocycles. The van der Waals surface area contributed by atoms with E-state index in [0.29, 0.717) is 16.4 Å². The van der Waals surface area contributed by atoms with Crippen LogP contribution in [0.4, 0.5) is 5.69 Å². The molecule has 0 bridgehead atoms. The molecule has 0 radical (unpaired) electrons. The third-order valence-electron chi connectivity index (χ3n) is 5.19. The van der Waals surface area contributed by atoms with Crippen molar-refractivity contribution in [3.63, 3.8) is 0 Å². The highest BCUT2D eigenvalue weighted by Crippen LogP contribution is 2.28. The smallest absolute Gasteiger partial charge is 0.254 e. The summed E-state index contributed by atoms with van der Waals surface area (Å²) in [5.74, 6) is -0.189. The number of benzene rings is 2. The van der Waals surface area contributed by atoms with Crippen LogP contribution in [0.5, 0.6) is 0 Å². The van der Waals surface area contributed by atoms with Crippen molar-refractivity contribution >= 4 is 29.3 Å². The Kier molecular flexibility index (Phi) is 7.34. The Balaban J connectivity index is 1.50. The fourth-order valence-corrected chi connectivity index (χ4v) is 4.24. The Labute approximate surface area is 202 Å². The number of aromatic nitrogens is 4. The number of carbonyl (C=O) groups is 2.